The zero-order chi connectivity index (χ0) is 14.6. The van der Waals surface area contributed by atoms with Crippen molar-refractivity contribution in [1.29, 1.82) is 0 Å². The predicted molar refractivity (Wildman–Crippen MR) is 77.3 cm³/mol. The van der Waals surface area contributed by atoms with E-state index in [1.54, 1.807) is 38.5 Å². The molecule has 2 rings (SSSR count). The fraction of sp³-hybridized carbons (Fsp3) is 0.312. The Morgan fingerprint density at radius 3 is 2.05 bits per heavy atom. The van der Waals surface area contributed by atoms with Crippen LogP contribution in [0.5, 0.6) is 0 Å². The number of hydrogen-bond acceptors (Lipinski definition) is 3. The standard InChI is InChI=1S/C16H19NO3/c1-15(9-11-16(19-2,20-3)12-10-15)17-14(18)13-7-5-4-6-8-13/h4-12H,1-3H3,(H,17,18). The summed E-state index contributed by atoms with van der Waals surface area (Å²) in [6.07, 6.45) is 7.30. The molecule has 106 valence electrons. The minimum atomic E-state index is -0.850. The average Bonchev–Trinajstić information content (AvgIpc) is 2.49. The molecule has 0 aromatic heterocycles. The molecule has 4 heteroatoms. The Bertz CT molecular complexity index is 514. The highest BCUT2D eigenvalue weighted by molar-refractivity contribution is 5.95. The molecule has 0 saturated carbocycles. The summed E-state index contributed by atoms with van der Waals surface area (Å²) < 4.78 is 10.6. The third-order valence-electron chi connectivity index (χ3n) is 3.38. The molecule has 4 nitrogen and oxygen atoms in total. The smallest absolute Gasteiger partial charge is 0.252 e. The number of methoxy groups -OCH3 is 2. The molecule has 0 saturated heterocycles. The minimum Gasteiger partial charge on any atom is -0.346 e. The monoisotopic (exact) mass is 273 g/mol. The van der Waals surface area contributed by atoms with Gasteiger partial charge >= 0.3 is 0 Å². The Labute approximate surface area is 119 Å². The molecular weight excluding hydrogens is 254 g/mol. The van der Waals surface area contributed by atoms with Crippen LogP contribution in [0, 0.1) is 0 Å². The van der Waals surface area contributed by atoms with E-state index >= 15 is 0 Å². The molecule has 20 heavy (non-hydrogen) atoms. The maximum absolute atomic E-state index is 12.2. The molecule has 0 spiro atoms. The highest BCUT2D eigenvalue weighted by Gasteiger charge is 2.31. The van der Waals surface area contributed by atoms with Crippen molar-refractivity contribution in [2.45, 2.75) is 18.2 Å². The van der Waals surface area contributed by atoms with Crippen LogP contribution in [-0.2, 0) is 9.47 Å². The van der Waals surface area contributed by atoms with Crippen molar-refractivity contribution in [3.05, 3.63) is 60.2 Å². The summed E-state index contributed by atoms with van der Waals surface area (Å²) in [5.74, 6) is -0.971. The third-order valence-corrected chi connectivity index (χ3v) is 3.38. The van der Waals surface area contributed by atoms with Gasteiger partial charge in [-0.05, 0) is 31.2 Å². The topological polar surface area (TPSA) is 47.6 Å². The summed E-state index contributed by atoms with van der Waals surface area (Å²) in [7, 11) is 3.15. The fourth-order valence-corrected chi connectivity index (χ4v) is 2.03. The first-order chi connectivity index (χ1) is 9.52. The Hall–Kier alpha value is -1.91. The molecule has 1 aliphatic rings. The molecule has 0 radical (unpaired) electrons. The molecule has 0 fully saturated rings. The third kappa shape index (κ3) is 2.98. The molecule has 1 N–H and O–H groups in total. The largest absolute Gasteiger partial charge is 0.346 e. The highest BCUT2D eigenvalue weighted by atomic mass is 16.7. The average molecular weight is 273 g/mol. The lowest BCUT2D eigenvalue weighted by Gasteiger charge is -2.33. The summed E-state index contributed by atoms with van der Waals surface area (Å²) in [6, 6.07) is 9.12. The van der Waals surface area contributed by atoms with E-state index in [-0.39, 0.29) is 5.91 Å². The van der Waals surface area contributed by atoms with Gasteiger partial charge in [0, 0.05) is 19.8 Å². The lowest BCUT2D eigenvalue weighted by atomic mass is 9.93. The molecule has 1 aromatic rings. The van der Waals surface area contributed by atoms with Gasteiger partial charge in [-0.2, -0.15) is 0 Å². The maximum Gasteiger partial charge on any atom is 0.252 e. The molecule has 0 aliphatic heterocycles. The van der Waals surface area contributed by atoms with Gasteiger partial charge in [0.15, 0.2) is 0 Å². The first kappa shape index (κ1) is 14.5. The predicted octanol–water partition coefficient (Wildman–Crippen LogP) is 2.29. The summed E-state index contributed by atoms with van der Waals surface area (Å²) in [5.41, 5.74) is 0.0684. The number of ether oxygens (including phenoxy) is 2. The van der Waals surface area contributed by atoms with Gasteiger partial charge in [0.05, 0.1) is 5.54 Å². The molecular formula is C16H19NO3. The first-order valence-corrected chi connectivity index (χ1v) is 6.41. The Kier molecular flexibility index (Phi) is 4.06. The van der Waals surface area contributed by atoms with Crippen LogP contribution < -0.4 is 5.32 Å². The van der Waals surface area contributed by atoms with Crippen molar-refractivity contribution in [2.75, 3.05) is 14.2 Å². The van der Waals surface area contributed by atoms with Crippen LogP contribution >= 0.6 is 0 Å². The number of amides is 1. The SMILES string of the molecule is COC1(OC)C=CC(C)(NC(=O)c2ccccc2)C=C1. The molecule has 0 atom stereocenters. The van der Waals surface area contributed by atoms with Crippen molar-refractivity contribution < 1.29 is 14.3 Å². The summed E-state index contributed by atoms with van der Waals surface area (Å²) in [6.45, 7) is 1.91. The van der Waals surface area contributed by atoms with Crippen molar-refractivity contribution in [3.8, 4) is 0 Å². The zero-order valence-electron chi connectivity index (χ0n) is 11.9. The lowest BCUT2D eigenvalue weighted by Crippen LogP contribution is -2.46. The zero-order valence-corrected chi connectivity index (χ0v) is 11.9. The van der Waals surface area contributed by atoms with Gasteiger partial charge in [-0.25, -0.2) is 0 Å². The van der Waals surface area contributed by atoms with E-state index < -0.39 is 11.3 Å². The molecule has 1 amide bonds. The van der Waals surface area contributed by atoms with Gasteiger partial charge in [-0.3, -0.25) is 4.79 Å². The van der Waals surface area contributed by atoms with E-state index in [9.17, 15) is 4.79 Å². The van der Waals surface area contributed by atoms with Gasteiger partial charge in [0.25, 0.3) is 5.91 Å². The molecule has 1 aliphatic carbocycles. The van der Waals surface area contributed by atoms with E-state index in [1.807, 2.05) is 37.3 Å². The second-order valence-corrected chi connectivity index (χ2v) is 4.90. The van der Waals surface area contributed by atoms with E-state index in [4.69, 9.17) is 9.47 Å². The van der Waals surface area contributed by atoms with Crippen LogP contribution in [0.1, 0.15) is 17.3 Å². The Morgan fingerprint density at radius 2 is 1.55 bits per heavy atom. The Morgan fingerprint density at radius 1 is 1.00 bits per heavy atom. The van der Waals surface area contributed by atoms with Crippen LogP contribution in [0.3, 0.4) is 0 Å². The van der Waals surface area contributed by atoms with Crippen LogP contribution in [0.2, 0.25) is 0 Å². The summed E-state index contributed by atoms with van der Waals surface area (Å²) >= 11 is 0. The quantitative estimate of drug-likeness (QED) is 0.676. The van der Waals surface area contributed by atoms with E-state index in [1.165, 1.54) is 0 Å². The van der Waals surface area contributed by atoms with Crippen molar-refractivity contribution in [2.24, 2.45) is 0 Å². The van der Waals surface area contributed by atoms with Crippen molar-refractivity contribution in [1.82, 2.24) is 5.32 Å². The van der Waals surface area contributed by atoms with Crippen LogP contribution in [-0.4, -0.2) is 31.5 Å². The molecule has 1 aromatic carbocycles. The normalized spacial score (nSPS) is 18.8. The number of benzene rings is 1. The molecule has 0 heterocycles. The number of rotatable bonds is 4. The summed E-state index contributed by atoms with van der Waals surface area (Å²) in [4.78, 5) is 12.2. The Balaban J connectivity index is 2.11. The van der Waals surface area contributed by atoms with E-state index in [0.717, 1.165) is 0 Å². The molecule has 0 unspecified atom stereocenters. The van der Waals surface area contributed by atoms with Gasteiger partial charge in [0.1, 0.15) is 0 Å². The van der Waals surface area contributed by atoms with Crippen LogP contribution in [0.15, 0.2) is 54.6 Å². The van der Waals surface area contributed by atoms with Gasteiger partial charge in [-0.15, -0.1) is 0 Å². The number of carbonyl (C=O) groups excluding carboxylic acids is 1. The first-order valence-electron chi connectivity index (χ1n) is 6.41. The van der Waals surface area contributed by atoms with Crippen LogP contribution in [0.25, 0.3) is 0 Å². The van der Waals surface area contributed by atoms with Crippen LogP contribution in [0.4, 0.5) is 0 Å². The summed E-state index contributed by atoms with van der Waals surface area (Å²) in [5, 5.41) is 2.97. The van der Waals surface area contributed by atoms with Gasteiger partial charge in [-0.1, -0.05) is 30.4 Å². The van der Waals surface area contributed by atoms with Crippen molar-refractivity contribution >= 4 is 5.91 Å². The fourth-order valence-electron chi connectivity index (χ4n) is 2.03. The van der Waals surface area contributed by atoms with Crippen molar-refractivity contribution in [3.63, 3.8) is 0 Å². The van der Waals surface area contributed by atoms with Gasteiger partial charge in [0.2, 0.25) is 5.79 Å². The van der Waals surface area contributed by atoms with E-state index in [2.05, 4.69) is 5.32 Å². The number of carbonyl (C=O) groups is 1. The number of hydrogen-bond donors (Lipinski definition) is 1. The van der Waals surface area contributed by atoms with E-state index in [0.29, 0.717) is 5.56 Å². The lowest BCUT2D eigenvalue weighted by molar-refractivity contribution is -0.134. The number of nitrogens with one attached hydrogen (secondary N) is 1. The maximum atomic E-state index is 12.2. The van der Waals surface area contributed by atoms with Gasteiger partial charge < -0.3 is 14.8 Å². The minimum absolute atomic E-state index is 0.121. The second-order valence-electron chi connectivity index (χ2n) is 4.90. The highest BCUT2D eigenvalue weighted by Crippen LogP contribution is 2.25. The molecule has 0 bridgehead atoms. The second kappa shape index (κ2) is 5.61.